The second kappa shape index (κ2) is 6.45. The van der Waals surface area contributed by atoms with Gasteiger partial charge in [-0.05, 0) is 32.0 Å². The summed E-state index contributed by atoms with van der Waals surface area (Å²) in [5, 5.41) is 3.19. The van der Waals surface area contributed by atoms with E-state index >= 15 is 0 Å². The fourth-order valence-electron chi connectivity index (χ4n) is 1.68. The van der Waals surface area contributed by atoms with Crippen molar-refractivity contribution in [3.05, 3.63) is 45.7 Å². The van der Waals surface area contributed by atoms with Crippen LogP contribution in [-0.4, -0.2) is 23.5 Å². The van der Waals surface area contributed by atoms with Crippen LogP contribution in [0.3, 0.4) is 0 Å². The first kappa shape index (κ1) is 15.1. The van der Waals surface area contributed by atoms with Gasteiger partial charge < -0.3 is 10.1 Å². The highest BCUT2D eigenvalue weighted by Gasteiger charge is 2.16. The average molecular weight is 308 g/mol. The molecule has 5 nitrogen and oxygen atoms in total. The molecule has 0 saturated carbocycles. The van der Waals surface area contributed by atoms with Gasteiger partial charge in [-0.1, -0.05) is 6.07 Å². The van der Waals surface area contributed by atoms with Gasteiger partial charge in [-0.25, -0.2) is 14.2 Å². The zero-order chi connectivity index (χ0) is 15.4. The Balaban J connectivity index is 1.89. The van der Waals surface area contributed by atoms with Gasteiger partial charge in [0.05, 0.1) is 10.7 Å². The number of hydrogen-bond donors (Lipinski definition) is 1. The molecule has 0 bridgehead atoms. The summed E-state index contributed by atoms with van der Waals surface area (Å²) in [6.45, 7) is 3.05. The van der Waals surface area contributed by atoms with Crippen LogP contribution in [0.5, 0.6) is 0 Å². The highest BCUT2D eigenvalue weighted by atomic mass is 32.1. The number of nitrogens with zero attached hydrogens (tertiary/aromatic N) is 1. The number of carbonyl (C=O) groups is 2. The van der Waals surface area contributed by atoms with E-state index in [4.69, 9.17) is 4.74 Å². The molecule has 110 valence electrons. The van der Waals surface area contributed by atoms with Gasteiger partial charge in [0.2, 0.25) is 0 Å². The van der Waals surface area contributed by atoms with E-state index in [2.05, 4.69) is 10.3 Å². The standard InChI is InChI=1S/C14H13FN2O3S/c1-8-13(21-9(2)16-8)14(19)20-7-12(18)17-11-5-3-4-10(15)6-11/h3-6H,7H2,1-2H3,(H,17,18). The van der Waals surface area contributed by atoms with Crippen molar-refractivity contribution in [3.63, 3.8) is 0 Å². The minimum Gasteiger partial charge on any atom is -0.451 e. The minimum atomic E-state index is -0.590. The first-order valence-electron chi connectivity index (χ1n) is 6.12. The van der Waals surface area contributed by atoms with Crippen molar-refractivity contribution in [1.29, 1.82) is 0 Å². The highest BCUT2D eigenvalue weighted by molar-refractivity contribution is 7.13. The Labute approximate surface area is 124 Å². The third-order valence-electron chi connectivity index (χ3n) is 2.53. The van der Waals surface area contributed by atoms with Crippen molar-refractivity contribution in [2.45, 2.75) is 13.8 Å². The summed E-state index contributed by atoms with van der Waals surface area (Å²) in [6.07, 6.45) is 0. The molecule has 2 rings (SSSR count). The summed E-state index contributed by atoms with van der Waals surface area (Å²) in [7, 11) is 0. The summed E-state index contributed by atoms with van der Waals surface area (Å²) >= 11 is 1.21. The predicted molar refractivity (Wildman–Crippen MR) is 76.9 cm³/mol. The molecule has 21 heavy (non-hydrogen) atoms. The normalized spacial score (nSPS) is 10.2. The number of anilines is 1. The van der Waals surface area contributed by atoms with E-state index in [0.717, 1.165) is 5.01 Å². The summed E-state index contributed by atoms with van der Waals surface area (Å²) in [4.78, 5) is 27.9. The SMILES string of the molecule is Cc1nc(C)c(C(=O)OCC(=O)Nc2cccc(F)c2)s1. The van der Waals surface area contributed by atoms with Crippen LogP contribution in [0.4, 0.5) is 10.1 Å². The van der Waals surface area contributed by atoms with Crippen molar-refractivity contribution >= 4 is 28.9 Å². The van der Waals surface area contributed by atoms with E-state index in [1.165, 1.54) is 29.5 Å². The zero-order valence-electron chi connectivity index (χ0n) is 11.5. The van der Waals surface area contributed by atoms with E-state index in [1.807, 2.05) is 0 Å². The third-order valence-corrected chi connectivity index (χ3v) is 3.58. The molecule has 0 aliphatic rings. The minimum absolute atomic E-state index is 0.306. The van der Waals surface area contributed by atoms with Gasteiger partial charge in [-0.2, -0.15) is 0 Å². The Morgan fingerprint density at radius 2 is 2.14 bits per heavy atom. The number of benzene rings is 1. The second-order valence-corrected chi connectivity index (χ2v) is 5.49. The zero-order valence-corrected chi connectivity index (χ0v) is 12.3. The fourth-order valence-corrected chi connectivity index (χ4v) is 2.49. The van der Waals surface area contributed by atoms with Crippen molar-refractivity contribution in [2.24, 2.45) is 0 Å². The van der Waals surface area contributed by atoms with Gasteiger partial charge in [0.25, 0.3) is 5.91 Å². The van der Waals surface area contributed by atoms with Gasteiger partial charge in [0.15, 0.2) is 6.61 Å². The number of esters is 1. The first-order chi connectivity index (χ1) is 9.95. The molecule has 0 atom stereocenters. The van der Waals surface area contributed by atoms with Crippen molar-refractivity contribution in [1.82, 2.24) is 4.98 Å². The van der Waals surface area contributed by atoms with E-state index in [-0.39, 0.29) is 0 Å². The Morgan fingerprint density at radius 1 is 1.38 bits per heavy atom. The molecule has 2 aromatic rings. The van der Waals surface area contributed by atoms with Crippen LogP contribution in [-0.2, 0) is 9.53 Å². The molecule has 1 N–H and O–H groups in total. The van der Waals surface area contributed by atoms with E-state index in [9.17, 15) is 14.0 Å². The predicted octanol–water partition coefficient (Wildman–Crippen LogP) is 2.69. The monoisotopic (exact) mass is 308 g/mol. The number of hydrogen-bond acceptors (Lipinski definition) is 5. The van der Waals surface area contributed by atoms with Crippen LogP contribution in [0.25, 0.3) is 0 Å². The number of rotatable bonds is 4. The lowest BCUT2D eigenvalue weighted by molar-refractivity contribution is -0.119. The lowest BCUT2D eigenvalue weighted by atomic mass is 10.3. The summed E-state index contributed by atoms with van der Waals surface area (Å²) in [5.41, 5.74) is 0.883. The average Bonchev–Trinajstić information content (AvgIpc) is 2.75. The maximum atomic E-state index is 13.0. The number of amides is 1. The van der Waals surface area contributed by atoms with Crippen molar-refractivity contribution < 1.29 is 18.7 Å². The van der Waals surface area contributed by atoms with Gasteiger partial charge in [-0.3, -0.25) is 4.79 Å². The van der Waals surface area contributed by atoms with Crippen LogP contribution in [0.2, 0.25) is 0 Å². The molecule has 0 saturated heterocycles. The Bertz CT molecular complexity index is 685. The number of aryl methyl sites for hydroxylation is 2. The number of carbonyl (C=O) groups excluding carboxylic acids is 2. The maximum absolute atomic E-state index is 13.0. The number of aromatic nitrogens is 1. The molecular weight excluding hydrogens is 295 g/mol. The Kier molecular flexibility index (Phi) is 4.64. The van der Waals surface area contributed by atoms with Gasteiger partial charge in [0, 0.05) is 5.69 Å². The highest BCUT2D eigenvalue weighted by Crippen LogP contribution is 2.18. The summed E-state index contributed by atoms with van der Waals surface area (Å²) < 4.78 is 17.9. The lowest BCUT2D eigenvalue weighted by Crippen LogP contribution is -2.20. The largest absolute Gasteiger partial charge is 0.451 e. The molecular formula is C14H13FN2O3S. The molecule has 1 amide bonds. The van der Waals surface area contributed by atoms with Crippen LogP contribution in [0.1, 0.15) is 20.4 Å². The third kappa shape index (κ3) is 4.09. The maximum Gasteiger partial charge on any atom is 0.350 e. The summed E-state index contributed by atoms with van der Waals surface area (Å²) in [6, 6.07) is 5.46. The molecule has 7 heteroatoms. The lowest BCUT2D eigenvalue weighted by Gasteiger charge is -2.06. The van der Waals surface area contributed by atoms with Gasteiger partial charge >= 0.3 is 5.97 Å². The van der Waals surface area contributed by atoms with Crippen molar-refractivity contribution in [2.75, 3.05) is 11.9 Å². The summed E-state index contributed by atoms with van der Waals surface area (Å²) in [5.74, 6) is -1.58. The quantitative estimate of drug-likeness (QED) is 0.882. The molecule has 0 spiro atoms. The molecule has 0 fully saturated rings. The molecule has 0 aliphatic carbocycles. The number of nitrogens with one attached hydrogen (secondary N) is 1. The van der Waals surface area contributed by atoms with Gasteiger partial charge in [0.1, 0.15) is 10.7 Å². The van der Waals surface area contributed by atoms with E-state index in [1.54, 1.807) is 19.9 Å². The topological polar surface area (TPSA) is 68.3 Å². The van der Waals surface area contributed by atoms with Crippen LogP contribution < -0.4 is 5.32 Å². The van der Waals surface area contributed by atoms with Crippen molar-refractivity contribution in [3.8, 4) is 0 Å². The van der Waals surface area contributed by atoms with Gasteiger partial charge in [-0.15, -0.1) is 11.3 Å². The molecule has 1 aromatic carbocycles. The second-order valence-electron chi connectivity index (χ2n) is 4.28. The smallest absolute Gasteiger partial charge is 0.350 e. The Hall–Kier alpha value is -2.28. The van der Waals surface area contributed by atoms with Crippen LogP contribution in [0.15, 0.2) is 24.3 Å². The molecule has 0 radical (unpaired) electrons. The number of ether oxygens (including phenoxy) is 1. The van der Waals surface area contributed by atoms with Crippen LogP contribution >= 0.6 is 11.3 Å². The molecule has 1 aromatic heterocycles. The number of thiazole rings is 1. The number of halogens is 1. The molecule has 1 heterocycles. The first-order valence-corrected chi connectivity index (χ1v) is 6.94. The molecule has 0 aliphatic heterocycles. The Morgan fingerprint density at radius 3 is 2.76 bits per heavy atom. The fraction of sp³-hybridized carbons (Fsp3) is 0.214. The van der Waals surface area contributed by atoms with Crippen LogP contribution in [0, 0.1) is 19.7 Å². The molecule has 0 unspecified atom stereocenters. The van der Waals surface area contributed by atoms with E-state index < -0.39 is 24.3 Å². The van der Waals surface area contributed by atoms with E-state index in [0.29, 0.717) is 16.3 Å².